The third-order valence-corrected chi connectivity index (χ3v) is 2.96. The molecule has 0 aliphatic carbocycles. The molecule has 0 bridgehead atoms. The summed E-state index contributed by atoms with van der Waals surface area (Å²) in [6.07, 6.45) is -4.44. The van der Waals surface area contributed by atoms with Gasteiger partial charge in [0.15, 0.2) is 0 Å². The molecule has 0 aliphatic rings. The third-order valence-electron chi connectivity index (χ3n) is 2.96. The van der Waals surface area contributed by atoms with Crippen LogP contribution in [0.5, 0.6) is 11.5 Å². The lowest BCUT2D eigenvalue weighted by Gasteiger charge is -2.13. The minimum atomic E-state index is -4.44. The molecule has 0 heterocycles. The molecule has 0 aliphatic heterocycles. The maximum absolute atomic E-state index is 13.2. The van der Waals surface area contributed by atoms with Crippen molar-refractivity contribution in [3.05, 3.63) is 58.9 Å². The molecule has 0 fully saturated rings. The number of aryl methyl sites for hydroxylation is 1. The number of alkyl halides is 3. The fraction of sp³-hybridized carbons (Fsp3) is 0.200. The topological polar surface area (TPSA) is 35.2 Å². The maximum Gasteiger partial charge on any atom is 0.416 e. The van der Waals surface area contributed by atoms with Crippen LogP contribution in [-0.4, -0.2) is 0 Å². The van der Waals surface area contributed by atoms with Crippen molar-refractivity contribution in [1.82, 2.24) is 0 Å². The van der Waals surface area contributed by atoms with Gasteiger partial charge in [0.2, 0.25) is 0 Å². The van der Waals surface area contributed by atoms with Crippen LogP contribution in [0.25, 0.3) is 0 Å². The van der Waals surface area contributed by atoms with Crippen LogP contribution in [0, 0.1) is 12.7 Å². The number of halogens is 4. The smallest absolute Gasteiger partial charge is 0.416 e. The van der Waals surface area contributed by atoms with E-state index in [1.165, 1.54) is 24.3 Å². The van der Waals surface area contributed by atoms with Crippen LogP contribution in [0.1, 0.15) is 16.7 Å². The summed E-state index contributed by atoms with van der Waals surface area (Å²) in [5.74, 6) is 0.175. The monoisotopic (exact) mass is 299 g/mol. The van der Waals surface area contributed by atoms with E-state index in [9.17, 15) is 17.6 Å². The molecule has 0 spiro atoms. The minimum absolute atomic E-state index is 0.0978. The van der Waals surface area contributed by atoms with Crippen LogP contribution in [0.3, 0.4) is 0 Å². The number of benzene rings is 2. The Morgan fingerprint density at radius 2 is 1.81 bits per heavy atom. The highest BCUT2D eigenvalue weighted by atomic mass is 19.4. The van der Waals surface area contributed by atoms with Gasteiger partial charge in [0.05, 0.1) is 5.56 Å². The first-order chi connectivity index (χ1) is 9.81. The van der Waals surface area contributed by atoms with Gasteiger partial charge in [0, 0.05) is 12.1 Å². The van der Waals surface area contributed by atoms with E-state index in [4.69, 9.17) is 10.5 Å². The molecule has 0 radical (unpaired) electrons. The van der Waals surface area contributed by atoms with E-state index in [0.29, 0.717) is 11.3 Å². The summed E-state index contributed by atoms with van der Waals surface area (Å²) in [6, 6.07) is 7.19. The van der Waals surface area contributed by atoms with Crippen molar-refractivity contribution in [2.75, 3.05) is 0 Å². The van der Waals surface area contributed by atoms with Gasteiger partial charge in [-0.1, -0.05) is 0 Å². The van der Waals surface area contributed by atoms with Gasteiger partial charge in [-0.05, 0) is 48.9 Å². The summed E-state index contributed by atoms with van der Waals surface area (Å²) >= 11 is 0. The van der Waals surface area contributed by atoms with E-state index in [2.05, 4.69) is 0 Å². The standard InChI is InChI=1S/C15H13F4NO/c1-9-6-12(3-4-13(9)16)21-14-5-2-11(15(17,18)19)7-10(14)8-20/h2-7H,8,20H2,1H3. The highest BCUT2D eigenvalue weighted by molar-refractivity contribution is 5.42. The summed E-state index contributed by atoms with van der Waals surface area (Å²) in [7, 11) is 0. The lowest BCUT2D eigenvalue weighted by atomic mass is 10.1. The second kappa shape index (κ2) is 5.73. The largest absolute Gasteiger partial charge is 0.457 e. The zero-order valence-electron chi connectivity index (χ0n) is 11.2. The van der Waals surface area contributed by atoms with Crippen LogP contribution in [0.15, 0.2) is 36.4 Å². The highest BCUT2D eigenvalue weighted by Gasteiger charge is 2.31. The molecule has 2 rings (SSSR count). The fourth-order valence-electron chi connectivity index (χ4n) is 1.82. The summed E-state index contributed by atoms with van der Waals surface area (Å²) in [5.41, 5.74) is 5.29. The van der Waals surface area contributed by atoms with Gasteiger partial charge in [-0.15, -0.1) is 0 Å². The van der Waals surface area contributed by atoms with Crippen LogP contribution in [-0.2, 0) is 12.7 Å². The predicted octanol–water partition coefficient (Wildman–Crippen LogP) is 4.40. The Labute approximate surface area is 119 Å². The van der Waals surface area contributed by atoms with Gasteiger partial charge in [0.25, 0.3) is 0 Å². The molecule has 2 aromatic carbocycles. The number of hydrogen-bond donors (Lipinski definition) is 1. The van der Waals surface area contributed by atoms with E-state index in [-0.39, 0.29) is 23.7 Å². The molecule has 0 amide bonds. The molecule has 0 atom stereocenters. The summed E-state index contributed by atoms with van der Waals surface area (Å²) in [5, 5.41) is 0. The third kappa shape index (κ3) is 3.52. The average molecular weight is 299 g/mol. The zero-order valence-corrected chi connectivity index (χ0v) is 11.2. The molecule has 112 valence electrons. The molecular formula is C15H13F4NO. The van der Waals surface area contributed by atoms with Gasteiger partial charge in [-0.2, -0.15) is 13.2 Å². The first-order valence-corrected chi connectivity index (χ1v) is 6.15. The van der Waals surface area contributed by atoms with Crippen LogP contribution in [0.4, 0.5) is 17.6 Å². The number of hydrogen-bond acceptors (Lipinski definition) is 2. The maximum atomic E-state index is 13.2. The second-order valence-electron chi connectivity index (χ2n) is 4.54. The normalized spacial score (nSPS) is 11.5. The Balaban J connectivity index is 2.33. The van der Waals surface area contributed by atoms with Gasteiger partial charge in [-0.3, -0.25) is 0 Å². The summed E-state index contributed by atoms with van der Waals surface area (Å²) < 4.78 is 56.6. The molecule has 0 saturated heterocycles. The Hall–Kier alpha value is -2.08. The van der Waals surface area contributed by atoms with Crippen molar-refractivity contribution < 1.29 is 22.3 Å². The van der Waals surface area contributed by atoms with Crippen molar-refractivity contribution in [2.45, 2.75) is 19.6 Å². The molecule has 0 unspecified atom stereocenters. The molecule has 0 saturated carbocycles. The summed E-state index contributed by atoms with van der Waals surface area (Å²) in [4.78, 5) is 0. The molecule has 21 heavy (non-hydrogen) atoms. The Morgan fingerprint density at radius 3 is 2.38 bits per heavy atom. The van der Waals surface area contributed by atoms with Crippen LogP contribution < -0.4 is 10.5 Å². The molecule has 2 aromatic rings. The van der Waals surface area contributed by atoms with E-state index < -0.39 is 11.7 Å². The summed E-state index contributed by atoms with van der Waals surface area (Å²) in [6.45, 7) is 1.47. The van der Waals surface area contributed by atoms with E-state index in [0.717, 1.165) is 12.1 Å². The lowest BCUT2D eigenvalue weighted by Crippen LogP contribution is -2.08. The minimum Gasteiger partial charge on any atom is -0.457 e. The number of ether oxygens (including phenoxy) is 1. The number of rotatable bonds is 3. The predicted molar refractivity (Wildman–Crippen MR) is 70.5 cm³/mol. The molecule has 0 aromatic heterocycles. The van der Waals surface area contributed by atoms with Crippen LogP contribution >= 0.6 is 0 Å². The zero-order chi connectivity index (χ0) is 15.6. The van der Waals surface area contributed by atoms with Gasteiger partial charge in [-0.25, -0.2) is 4.39 Å². The van der Waals surface area contributed by atoms with Crippen molar-refractivity contribution in [2.24, 2.45) is 5.73 Å². The molecule has 2 nitrogen and oxygen atoms in total. The molecule has 6 heteroatoms. The first-order valence-electron chi connectivity index (χ1n) is 6.15. The average Bonchev–Trinajstić information content (AvgIpc) is 2.42. The van der Waals surface area contributed by atoms with Crippen molar-refractivity contribution >= 4 is 0 Å². The van der Waals surface area contributed by atoms with Crippen molar-refractivity contribution in [1.29, 1.82) is 0 Å². The molecular weight excluding hydrogens is 286 g/mol. The molecule has 2 N–H and O–H groups in total. The lowest BCUT2D eigenvalue weighted by molar-refractivity contribution is -0.137. The van der Waals surface area contributed by atoms with Crippen LogP contribution in [0.2, 0.25) is 0 Å². The SMILES string of the molecule is Cc1cc(Oc2ccc(C(F)(F)F)cc2CN)ccc1F. The Morgan fingerprint density at radius 1 is 1.10 bits per heavy atom. The van der Waals surface area contributed by atoms with Crippen molar-refractivity contribution in [3.8, 4) is 11.5 Å². The number of nitrogens with two attached hydrogens (primary N) is 1. The van der Waals surface area contributed by atoms with E-state index >= 15 is 0 Å². The highest BCUT2D eigenvalue weighted by Crippen LogP contribution is 2.34. The van der Waals surface area contributed by atoms with Gasteiger partial charge >= 0.3 is 6.18 Å². The first kappa shape index (κ1) is 15.3. The fourth-order valence-corrected chi connectivity index (χ4v) is 1.82. The quantitative estimate of drug-likeness (QED) is 0.852. The van der Waals surface area contributed by atoms with Gasteiger partial charge in [0.1, 0.15) is 17.3 Å². The van der Waals surface area contributed by atoms with E-state index in [1.54, 1.807) is 6.92 Å². The van der Waals surface area contributed by atoms with Crippen molar-refractivity contribution in [3.63, 3.8) is 0 Å². The van der Waals surface area contributed by atoms with E-state index in [1.807, 2.05) is 0 Å². The van der Waals surface area contributed by atoms with Gasteiger partial charge < -0.3 is 10.5 Å². The Bertz CT molecular complexity index is 653. The second-order valence-corrected chi connectivity index (χ2v) is 4.54. The Kier molecular flexibility index (Phi) is 4.18.